The fraction of sp³-hybridized carbons (Fsp3) is 0.455. The van der Waals surface area contributed by atoms with Crippen molar-refractivity contribution in [2.45, 2.75) is 45.4 Å². The minimum atomic E-state index is -0.0957. The van der Waals surface area contributed by atoms with Crippen LogP contribution in [0.3, 0.4) is 0 Å². The molecule has 0 saturated heterocycles. The van der Waals surface area contributed by atoms with Gasteiger partial charge in [-0.15, -0.1) is 11.3 Å². The lowest BCUT2D eigenvalue weighted by molar-refractivity contribution is -0.115. The quantitative estimate of drug-likeness (QED) is 0.661. The third-order valence-corrected chi connectivity index (χ3v) is 6.28. The molecule has 2 amide bonds. The van der Waals surface area contributed by atoms with Gasteiger partial charge >= 0.3 is 0 Å². The second-order valence-corrected chi connectivity index (χ2v) is 8.27. The van der Waals surface area contributed by atoms with Gasteiger partial charge in [-0.05, 0) is 55.7 Å². The first-order valence-corrected chi connectivity index (χ1v) is 10.7. The van der Waals surface area contributed by atoms with Crippen molar-refractivity contribution in [3.05, 3.63) is 51.4 Å². The van der Waals surface area contributed by atoms with Crippen molar-refractivity contribution in [3.8, 4) is 0 Å². The molecule has 3 rings (SSSR count). The molecule has 0 saturated carbocycles. The molecule has 2 aromatic rings. The number of carbonyl (C=O) groups is 2. The summed E-state index contributed by atoms with van der Waals surface area (Å²) < 4.78 is 5.04. The zero-order chi connectivity index (χ0) is 19.9. The number of ether oxygens (including phenoxy) is 1. The molecule has 1 aromatic heterocycles. The molecule has 2 N–H and O–H groups in total. The van der Waals surface area contributed by atoms with Gasteiger partial charge in [-0.25, -0.2) is 0 Å². The van der Waals surface area contributed by atoms with Crippen LogP contribution in [0.25, 0.3) is 0 Å². The van der Waals surface area contributed by atoms with Crippen LogP contribution < -0.4 is 10.6 Å². The first kappa shape index (κ1) is 20.6. The third-order valence-electron chi connectivity index (χ3n) is 5.07. The van der Waals surface area contributed by atoms with Crippen LogP contribution in [-0.4, -0.2) is 32.1 Å². The molecule has 0 bridgehead atoms. The summed E-state index contributed by atoms with van der Waals surface area (Å²) in [5, 5.41) is 6.69. The summed E-state index contributed by atoms with van der Waals surface area (Å²) >= 11 is 1.56. The fourth-order valence-corrected chi connectivity index (χ4v) is 4.86. The number of carbonyl (C=O) groups excluding carboxylic acids is 2. The monoisotopic (exact) mass is 400 g/mol. The van der Waals surface area contributed by atoms with Crippen molar-refractivity contribution in [2.75, 3.05) is 25.6 Å². The highest BCUT2D eigenvalue weighted by Crippen LogP contribution is 2.38. The lowest BCUT2D eigenvalue weighted by Crippen LogP contribution is -2.27. The summed E-state index contributed by atoms with van der Waals surface area (Å²) in [5.74, 6) is -0.178. The van der Waals surface area contributed by atoms with Crippen molar-refractivity contribution in [2.24, 2.45) is 0 Å². The second-order valence-electron chi connectivity index (χ2n) is 7.17. The zero-order valence-corrected chi connectivity index (χ0v) is 17.4. The van der Waals surface area contributed by atoms with E-state index in [1.54, 1.807) is 18.4 Å². The number of methoxy groups -OCH3 is 1. The van der Waals surface area contributed by atoms with E-state index in [4.69, 9.17) is 4.74 Å². The number of amides is 2. The molecule has 6 heteroatoms. The molecular formula is C22H28N2O3S. The van der Waals surface area contributed by atoms with Gasteiger partial charge in [0.1, 0.15) is 5.00 Å². The van der Waals surface area contributed by atoms with E-state index in [1.165, 1.54) is 4.88 Å². The largest absolute Gasteiger partial charge is 0.385 e. The van der Waals surface area contributed by atoms with E-state index >= 15 is 0 Å². The molecule has 0 spiro atoms. The zero-order valence-electron chi connectivity index (χ0n) is 16.6. The lowest BCUT2D eigenvalue weighted by atomic mass is 9.95. The van der Waals surface area contributed by atoms with Crippen LogP contribution in [-0.2, 0) is 28.8 Å². The molecule has 1 aromatic carbocycles. The first-order valence-electron chi connectivity index (χ1n) is 9.86. The van der Waals surface area contributed by atoms with E-state index < -0.39 is 0 Å². The highest BCUT2D eigenvalue weighted by atomic mass is 32.1. The summed E-state index contributed by atoms with van der Waals surface area (Å²) in [6.45, 7) is 3.18. The number of benzene rings is 1. The number of hydrogen-bond donors (Lipinski definition) is 2. The Morgan fingerprint density at radius 2 is 1.96 bits per heavy atom. The molecule has 1 aliphatic rings. The third kappa shape index (κ3) is 5.00. The van der Waals surface area contributed by atoms with Gasteiger partial charge in [-0.2, -0.15) is 0 Å². The van der Waals surface area contributed by atoms with Gasteiger partial charge in [0.15, 0.2) is 0 Å². The van der Waals surface area contributed by atoms with Gasteiger partial charge in [0.05, 0.1) is 12.0 Å². The number of rotatable bonds is 8. The number of anilines is 1. The average molecular weight is 401 g/mol. The number of hydrogen-bond acceptors (Lipinski definition) is 4. The predicted molar refractivity (Wildman–Crippen MR) is 113 cm³/mol. The maximum Gasteiger partial charge on any atom is 0.254 e. The smallest absolute Gasteiger partial charge is 0.254 e. The van der Waals surface area contributed by atoms with Crippen LogP contribution in [0.1, 0.15) is 51.2 Å². The normalized spacial score (nSPS) is 13.1. The van der Waals surface area contributed by atoms with Crippen LogP contribution in [0.5, 0.6) is 0 Å². The molecule has 1 heterocycles. The number of thiophene rings is 1. The van der Waals surface area contributed by atoms with Crippen molar-refractivity contribution >= 4 is 28.2 Å². The molecule has 0 fully saturated rings. The summed E-state index contributed by atoms with van der Waals surface area (Å²) in [6.07, 6.45) is 5.19. The fourth-order valence-electron chi connectivity index (χ4n) is 3.55. The van der Waals surface area contributed by atoms with Crippen LogP contribution >= 0.6 is 11.3 Å². The standard InChI is InChI=1S/C22H28N2O3S/c1-15-8-3-4-9-16(15)14-19(25)24-22-20(21(26)23-12-7-13-27-2)17-10-5-6-11-18(17)28-22/h3-4,8-9H,5-7,10-14H2,1-2H3,(H,23,26)(H,24,25). The van der Waals surface area contributed by atoms with Crippen molar-refractivity contribution < 1.29 is 14.3 Å². The van der Waals surface area contributed by atoms with E-state index in [-0.39, 0.29) is 11.8 Å². The lowest BCUT2D eigenvalue weighted by Gasteiger charge is -2.13. The molecule has 0 atom stereocenters. The molecule has 0 aliphatic heterocycles. The minimum absolute atomic E-state index is 0.0821. The van der Waals surface area contributed by atoms with Crippen LogP contribution in [0, 0.1) is 6.92 Å². The van der Waals surface area contributed by atoms with Gasteiger partial charge in [0.2, 0.25) is 5.91 Å². The van der Waals surface area contributed by atoms with Gasteiger partial charge in [-0.1, -0.05) is 24.3 Å². The molecule has 1 aliphatic carbocycles. The van der Waals surface area contributed by atoms with Gasteiger partial charge in [0.25, 0.3) is 5.91 Å². The Balaban J connectivity index is 1.76. The summed E-state index contributed by atoms with van der Waals surface area (Å²) in [6, 6.07) is 7.89. The summed E-state index contributed by atoms with van der Waals surface area (Å²) in [7, 11) is 1.65. The highest BCUT2D eigenvalue weighted by Gasteiger charge is 2.26. The summed E-state index contributed by atoms with van der Waals surface area (Å²) in [4.78, 5) is 26.8. The molecule has 0 radical (unpaired) electrons. The Hall–Kier alpha value is -2.18. The molecule has 28 heavy (non-hydrogen) atoms. The average Bonchev–Trinajstić information content (AvgIpc) is 3.04. The van der Waals surface area contributed by atoms with Crippen molar-refractivity contribution in [3.63, 3.8) is 0 Å². The number of aryl methyl sites for hydroxylation is 2. The second kappa shape index (κ2) is 9.85. The van der Waals surface area contributed by atoms with Crippen LogP contribution in [0.2, 0.25) is 0 Å². The topological polar surface area (TPSA) is 67.4 Å². The van der Waals surface area contributed by atoms with Gasteiger partial charge < -0.3 is 15.4 Å². The Morgan fingerprint density at radius 3 is 2.75 bits per heavy atom. The SMILES string of the molecule is COCCCNC(=O)c1c(NC(=O)Cc2ccccc2C)sc2c1CCCC2. The maximum atomic E-state index is 12.9. The van der Waals surface area contributed by atoms with E-state index in [2.05, 4.69) is 10.6 Å². The minimum Gasteiger partial charge on any atom is -0.385 e. The Kier molecular flexibility index (Phi) is 7.23. The first-order chi connectivity index (χ1) is 13.6. The highest BCUT2D eigenvalue weighted by molar-refractivity contribution is 7.17. The van der Waals surface area contributed by atoms with Crippen molar-refractivity contribution in [1.82, 2.24) is 5.32 Å². The number of nitrogens with one attached hydrogen (secondary N) is 2. The van der Waals surface area contributed by atoms with Crippen LogP contribution in [0.4, 0.5) is 5.00 Å². The van der Waals surface area contributed by atoms with Crippen LogP contribution in [0.15, 0.2) is 24.3 Å². The molecular weight excluding hydrogens is 372 g/mol. The van der Waals surface area contributed by atoms with Crippen molar-refractivity contribution in [1.29, 1.82) is 0 Å². The van der Waals surface area contributed by atoms with Gasteiger partial charge in [-0.3, -0.25) is 9.59 Å². The molecule has 150 valence electrons. The Labute approximate surface area is 170 Å². The van der Waals surface area contributed by atoms with Gasteiger partial charge in [0, 0.05) is 25.1 Å². The Morgan fingerprint density at radius 1 is 1.18 bits per heavy atom. The van der Waals surface area contributed by atoms with E-state index in [0.29, 0.717) is 30.1 Å². The maximum absolute atomic E-state index is 12.9. The van der Waals surface area contributed by atoms with E-state index in [0.717, 1.165) is 48.8 Å². The summed E-state index contributed by atoms with van der Waals surface area (Å²) in [5.41, 5.74) is 3.88. The van der Waals surface area contributed by atoms with E-state index in [1.807, 2.05) is 31.2 Å². The number of fused-ring (bicyclic) bond motifs is 1. The molecule has 0 unspecified atom stereocenters. The van der Waals surface area contributed by atoms with E-state index in [9.17, 15) is 9.59 Å². The molecule has 5 nitrogen and oxygen atoms in total. The predicted octanol–water partition coefficient (Wildman–Crippen LogP) is 3.88. The Bertz CT molecular complexity index is 844.